The van der Waals surface area contributed by atoms with E-state index in [1.807, 2.05) is 0 Å². The predicted octanol–water partition coefficient (Wildman–Crippen LogP) is 3.92. The molecule has 3 aromatic carbocycles. The van der Waals surface area contributed by atoms with Gasteiger partial charge in [-0.1, -0.05) is 30.3 Å². The summed E-state index contributed by atoms with van der Waals surface area (Å²) in [4.78, 5) is 19.2. The number of nitrogens with zero attached hydrogens (tertiary/aromatic N) is 2. The van der Waals surface area contributed by atoms with Crippen molar-refractivity contribution in [3.05, 3.63) is 76.9 Å². The molecule has 128 valence electrons. The Morgan fingerprint density at radius 1 is 1.12 bits per heavy atom. The first-order valence-electron chi connectivity index (χ1n) is 7.76. The van der Waals surface area contributed by atoms with Crippen molar-refractivity contribution in [1.82, 2.24) is 0 Å². The first-order chi connectivity index (χ1) is 12.4. The standard InChI is InChI=1S/C20H15FN4O/c1-11-4-3-5-15(21)17(11)18-14-10-13(19(26)25-20(22)23)7-6-12(14)8-9-16(18)24-2/h3-10H,1H3,(H4,22,23,25,26). The van der Waals surface area contributed by atoms with Crippen LogP contribution >= 0.6 is 0 Å². The van der Waals surface area contributed by atoms with E-state index in [2.05, 4.69) is 9.84 Å². The number of guanidine groups is 1. The lowest BCUT2D eigenvalue weighted by atomic mass is 9.92. The van der Waals surface area contributed by atoms with Gasteiger partial charge in [-0.2, -0.15) is 4.99 Å². The Morgan fingerprint density at radius 3 is 2.50 bits per heavy atom. The van der Waals surface area contributed by atoms with Crippen molar-refractivity contribution in [3.63, 3.8) is 0 Å². The lowest BCUT2D eigenvalue weighted by Crippen LogP contribution is -2.24. The minimum atomic E-state index is -0.601. The highest BCUT2D eigenvalue weighted by atomic mass is 19.1. The molecular formula is C20H15FN4O. The number of nitrogens with two attached hydrogens (primary N) is 2. The number of halogens is 1. The largest absolute Gasteiger partial charge is 0.370 e. The number of benzene rings is 3. The van der Waals surface area contributed by atoms with Crippen LogP contribution in [0.1, 0.15) is 15.9 Å². The van der Waals surface area contributed by atoms with Crippen molar-refractivity contribution in [2.75, 3.05) is 0 Å². The van der Waals surface area contributed by atoms with Gasteiger partial charge in [0.2, 0.25) is 0 Å². The molecule has 3 aromatic rings. The van der Waals surface area contributed by atoms with Crippen LogP contribution in [0.4, 0.5) is 10.1 Å². The van der Waals surface area contributed by atoms with Crippen LogP contribution in [-0.4, -0.2) is 11.9 Å². The molecule has 0 spiro atoms. The number of rotatable bonds is 2. The normalized spacial score (nSPS) is 10.3. The minimum absolute atomic E-state index is 0.253. The maximum atomic E-state index is 14.6. The summed E-state index contributed by atoms with van der Waals surface area (Å²) in [5.74, 6) is -1.37. The lowest BCUT2D eigenvalue weighted by Gasteiger charge is -2.14. The van der Waals surface area contributed by atoms with Crippen molar-refractivity contribution in [2.24, 2.45) is 16.5 Å². The van der Waals surface area contributed by atoms with E-state index < -0.39 is 11.7 Å². The Bertz CT molecular complexity index is 1090. The van der Waals surface area contributed by atoms with Gasteiger partial charge in [-0.15, -0.1) is 0 Å². The first kappa shape index (κ1) is 17.1. The summed E-state index contributed by atoms with van der Waals surface area (Å²) >= 11 is 0. The van der Waals surface area contributed by atoms with Crippen LogP contribution in [-0.2, 0) is 0 Å². The van der Waals surface area contributed by atoms with Crippen molar-refractivity contribution in [2.45, 2.75) is 6.92 Å². The predicted molar refractivity (Wildman–Crippen MR) is 100 cm³/mol. The molecular weight excluding hydrogens is 331 g/mol. The van der Waals surface area contributed by atoms with Gasteiger partial charge in [0, 0.05) is 11.1 Å². The molecule has 5 nitrogen and oxygen atoms in total. The smallest absolute Gasteiger partial charge is 0.280 e. The number of aryl methyl sites for hydroxylation is 1. The van der Waals surface area contributed by atoms with Gasteiger partial charge in [0.25, 0.3) is 5.91 Å². The number of fused-ring (bicyclic) bond motifs is 1. The second-order valence-corrected chi connectivity index (χ2v) is 5.78. The van der Waals surface area contributed by atoms with E-state index in [9.17, 15) is 9.18 Å². The van der Waals surface area contributed by atoms with Gasteiger partial charge in [-0.05, 0) is 47.0 Å². The Hall–Kier alpha value is -3.72. The Labute approximate surface area is 149 Å². The quantitative estimate of drug-likeness (QED) is 0.419. The molecule has 0 atom stereocenters. The molecule has 0 saturated carbocycles. The molecule has 3 rings (SSSR count). The fraction of sp³-hybridized carbons (Fsp3) is 0.0500. The van der Waals surface area contributed by atoms with E-state index in [1.165, 1.54) is 6.07 Å². The second kappa shape index (κ2) is 6.65. The van der Waals surface area contributed by atoms with Crippen LogP contribution in [0.15, 0.2) is 53.5 Å². The molecule has 0 fully saturated rings. The Kier molecular flexibility index (Phi) is 4.38. The highest BCUT2D eigenvalue weighted by molar-refractivity contribution is 6.09. The topological polar surface area (TPSA) is 85.8 Å². The molecule has 1 amide bonds. The third kappa shape index (κ3) is 2.98. The number of amides is 1. The molecule has 0 bridgehead atoms. The van der Waals surface area contributed by atoms with Crippen LogP contribution in [0.5, 0.6) is 0 Å². The number of hydrogen-bond donors (Lipinski definition) is 2. The van der Waals surface area contributed by atoms with Crippen molar-refractivity contribution in [1.29, 1.82) is 0 Å². The zero-order valence-electron chi connectivity index (χ0n) is 14.0. The summed E-state index contributed by atoms with van der Waals surface area (Å²) in [5.41, 5.74) is 12.6. The van der Waals surface area contributed by atoms with Gasteiger partial charge in [0.1, 0.15) is 5.82 Å². The summed E-state index contributed by atoms with van der Waals surface area (Å²) in [6, 6.07) is 13.0. The molecule has 0 aliphatic heterocycles. The van der Waals surface area contributed by atoms with Crippen LogP contribution in [0.2, 0.25) is 0 Å². The first-order valence-corrected chi connectivity index (χ1v) is 7.76. The van der Waals surface area contributed by atoms with Crippen molar-refractivity contribution >= 4 is 28.3 Å². The monoisotopic (exact) mass is 346 g/mol. The van der Waals surface area contributed by atoms with E-state index in [0.29, 0.717) is 27.8 Å². The van der Waals surface area contributed by atoms with Gasteiger partial charge < -0.3 is 11.5 Å². The highest BCUT2D eigenvalue weighted by Crippen LogP contribution is 2.40. The van der Waals surface area contributed by atoms with E-state index in [-0.39, 0.29) is 11.5 Å². The summed E-state index contributed by atoms with van der Waals surface area (Å²) in [5, 5.41) is 1.36. The third-order valence-electron chi connectivity index (χ3n) is 4.07. The molecule has 0 heterocycles. The van der Waals surface area contributed by atoms with Crippen LogP contribution in [0.25, 0.3) is 26.7 Å². The molecule has 6 heteroatoms. The maximum absolute atomic E-state index is 14.6. The Morgan fingerprint density at radius 2 is 1.85 bits per heavy atom. The zero-order valence-corrected chi connectivity index (χ0v) is 14.0. The van der Waals surface area contributed by atoms with E-state index in [0.717, 1.165) is 5.39 Å². The van der Waals surface area contributed by atoms with Gasteiger partial charge in [-0.25, -0.2) is 9.24 Å². The van der Waals surface area contributed by atoms with E-state index in [4.69, 9.17) is 18.0 Å². The number of aliphatic imine (C=N–C) groups is 1. The summed E-state index contributed by atoms with van der Waals surface area (Å²) in [6.07, 6.45) is 0. The fourth-order valence-corrected chi connectivity index (χ4v) is 2.93. The molecule has 26 heavy (non-hydrogen) atoms. The molecule has 0 aromatic heterocycles. The highest BCUT2D eigenvalue weighted by Gasteiger charge is 2.17. The summed E-state index contributed by atoms with van der Waals surface area (Å²) in [6.45, 7) is 9.24. The summed E-state index contributed by atoms with van der Waals surface area (Å²) < 4.78 is 14.6. The number of carbonyl (C=O) groups is 1. The van der Waals surface area contributed by atoms with Gasteiger partial charge >= 0.3 is 0 Å². The van der Waals surface area contributed by atoms with Gasteiger partial charge in [0.15, 0.2) is 11.6 Å². The van der Waals surface area contributed by atoms with Gasteiger partial charge in [-0.3, -0.25) is 4.79 Å². The zero-order chi connectivity index (χ0) is 18.8. The van der Waals surface area contributed by atoms with E-state index >= 15 is 0 Å². The number of carbonyl (C=O) groups excluding carboxylic acids is 1. The molecule has 0 saturated heterocycles. The van der Waals surface area contributed by atoms with Crippen LogP contribution in [0, 0.1) is 19.3 Å². The maximum Gasteiger partial charge on any atom is 0.280 e. The lowest BCUT2D eigenvalue weighted by molar-refractivity contribution is 0.100. The SMILES string of the molecule is [C-]#[N+]c1ccc2ccc(C(=O)N=C(N)N)cc2c1-c1c(C)cccc1F. The number of hydrogen-bond acceptors (Lipinski definition) is 1. The van der Waals surface area contributed by atoms with Gasteiger partial charge in [0.05, 0.1) is 6.57 Å². The van der Waals surface area contributed by atoms with Crippen LogP contribution < -0.4 is 11.5 Å². The van der Waals surface area contributed by atoms with Crippen LogP contribution in [0.3, 0.4) is 0 Å². The third-order valence-corrected chi connectivity index (χ3v) is 4.07. The minimum Gasteiger partial charge on any atom is -0.370 e. The molecule has 0 aliphatic rings. The van der Waals surface area contributed by atoms with Crippen molar-refractivity contribution in [3.8, 4) is 11.1 Å². The molecule has 4 N–H and O–H groups in total. The molecule has 0 aliphatic carbocycles. The average molecular weight is 346 g/mol. The Balaban J connectivity index is 2.38. The molecule has 0 unspecified atom stereocenters. The second-order valence-electron chi connectivity index (χ2n) is 5.78. The summed E-state index contributed by atoms with van der Waals surface area (Å²) in [7, 11) is 0. The van der Waals surface area contributed by atoms with E-state index in [1.54, 1.807) is 49.4 Å². The molecule has 0 radical (unpaired) electrons. The fourth-order valence-electron chi connectivity index (χ4n) is 2.93. The average Bonchev–Trinajstić information content (AvgIpc) is 2.60. The van der Waals surface area contributed by atoms with Crippen molar-refractivity contribution < 1.29 is 9.18 Å².